The van der Waals surface area contributed by atoms with Crippen LogP contribution in [0.1, 0.15) is 39.5 Å². The first-order valence-corrected chi connectivity index (χ1v) is 11.3. The topological polar surface area (TPSA) is 21.7 Å². The highest BCUT2D eigenvalue weighted by Crippen LogP contribution is 2.35. The van der Waals surface area contributed by atoms with Crippen molar-refractivity contribution in [3.8, 4) is 22.6 Å². The summed E-state index contributed by atoms with van der Waals surface area (Å²) in [5.74, 6) is 2.25. The molecule has 1 unspecified atom stereocenters. The van der Waals surface area contributed by atoms with Crippen LogP contribution in [0, 0.1) is 5.92 Å². The lowest BCUT2D eigenvalue weighted by molar-refractivity contribution is 0.394. The van der Waals surface area contributed by atoms with E-state index in [4.69, 9.17) is 9.47 Å². The maximum Gasteiger partial charge on any atom is 0.124 e. The van der Waals surface area contributed by atoms with Crippen molar-refractivity contribution in [1.82, 2.24) is 0 Å². The summed E-state index contributed by atoms with van der Waals surface area (Å²) in [4.78, 5) is 2.41. The molecule has 0 aromatic heterocycles. The Labute approximate surface area is 187 Å². The largest absolute Gasteiger partial charge is 0.497 e. The van der Waals surface area contributed by atoms with E-state index in [9.17, 15) is 0 Å². The molecule has 3 aromatic rings. The molecule has 0 aliphatic heterocycles. The highest BCUT2D eigenvalue weighted by Gasteiger charge is 2.17. The van der Waals surface area contributed by atoms with Crippen LogP contribution >= 0.6 is 0 Å². The fraction of sp³-hybridized carbons (Fsp3) is 0.357. The first-order valence-electron chi connectivity index (χ1n) is 11.3. The predicted molar refractivity (Wildman–Crippen MR) is 132 cm³/mol. The SMILES string of the molecule is CCCCC(CC)CN(c1ccc(-c2ccccc2)cc1)c1cc(OC)cc(OC)c1. The van der Waals surface area contributed by atoms with Gasteiger partial charge in [-0.25, -0.2) is 0 Å². The van der Waals surface area contributed by atoms with E-state index in [-0.39, 0.29) is 0 Å². The standard InChI is InChI=1S/C28H35NO2/c1-5-7-11-22(6-2)21-29(26-18-27(30-3)20-28(19-26)31-4)25-16-14-24(15-17-25)23-12-9-8-10-13-23/h8-10,12-20,22H,5-7,11,21H2,1-4H3. The molecule has 31 heavy (non-hydrogen) atoms. The predicted octanol–water partition coefficient (Wildman–Crippen LogP) is 7.73. The van der Waals surface area contributed by atoms with Gasteiger partial charge in [-0.15, -0.1) is 0 Å². The summed E-state index contributed by atoms with van der Waals surface area (Å²) in [6, 6.07) is 25.5. The molecule has 0 spiro atoms. The van der Waals surface area contributed by atoms with Gasteiger partial charge in [-0.3, -0.25) is 0 Å². The minimum absolute atomic E-state index is 0.631. The Morgan fingerprint density at radius 1 is 0.742 bits per heavy atom. The smallest absolute Gasteiger partial charge is 0.124 e. The van der Waals surface area contributed by atoms with E-state index in [1.807, 2.05) is 6.07 Å². The number of benzene rings is 3. The van der Waals surface area contributed by atoms with E-state index in [1.54, 1.807) is 14.2 Å². The van der Waals surface area contributed by atoms with Gasteiger partial charge in [0.05, 0.1) is 14.2 Å². The van der Waals surface area contributed by atoms with Crippen molar-refractivity contribution in [3.05, 3.63) is 72.8 Å². The fourth-order valence-corrected chi connectivity index (χ4v) is 3.95. The van der Waals surface area contributed by atoms with Crippen LogP contribution in [0.5, 0.6) is 11.5 Å². The summed E-state index contributed by atoms with van der Waals surface area (Å²) in [6.07, 6.45) is 4.91. The number of nitrogens with zero attached hydrogens (tertiary/aromatic N) is 1. The van der Waals surface area contributed by atoms with E-state index in [1.165, 1.54) is 42.5 Å². The molecular formula is C28H35NO2. The Morgan fingerprint density at radius 3 is 1.90 bits per heavy atom. The molecule has 3 nitrogen and oxygen atoms in total. The molecule has 1 atom stereocenters. The van der Waals surface area contributed by atoms with Gasteiger partial charge in [-0.2, -0.15) is 0 Å². The average Bonchev–Trinajstić information content (AvgIpc) is 2.84. The Kier molecular flexibility index (Phi) is 8.40. The molecule has 3 heteroatoms. The average molecular weight is 418 g/mol. The van der Waals surface area contributed by atoms with Gasteiger partial charge < -0.3 is 14.4 Å². The van der Waals surface area contributed by atoms with Crippen LogP contribution in [0.2, 0.25) is 0 Å². The summed E-state index contributed by atoms with van der Waals surface area (Å²) in [6.45, 7) is 5.53. The van der Waals surface area contributed by atoms with Gasteiger partial charge in [0.15, 0.2) is 0 Å². The van der Waals surface area contributed by atoms with Crippen LogP contribution in [0.15, 0.2) is 72.8 Å². The third kappa shape index (κ3) is 6.04. The van der Waals surface area contributed by atoms with E-state index in [0.29, 0.717) is 5.92 Å². The zero-order chi connectivity index (χ0) is 22.1. The summed E-state index contributed by atoms with van der Waals surface area (Å²) >= 11 is 0. The van der Waals surface area contributed by atoms with Crippen molar-refractivity contribution in [2.75, 3.05) is 25.7 Å². The van der Waals surface area contributed by atoms with Gasteiger partial charge >= 0.3 is 0 Å². The first kappa shape index (κ1) is 22.7. The molecule has 0 heterocycles. The zero-order valence-corrected chi connectivity index (χ0v) is 19.3. The molecule has 0 fully saturated rings. The van der Waals surface area contributed by atoms with E-state index < -0.39 is 0 Å². The van der Waals surface area contributed by atoms with Gasteiger partial charge in [0.25, 0.3) is 0 Å². The lowest BCUT2D eigenvalue weighted by Crippen LogP contribution is -2.25. The summed E-state index contributed by atoms with van der Waals surface area (Å²) in [5, 5.41) is 0. The van der Waals surface area contributed by atoms with Gasteiger partial charge in [0.2, 0.25) is 0 Å². The summed E-state index contributed by atoms with van der Waals surface area (Å²) < 4.78 is 11.1. The number of ether oxygens (including phenoxy) is 2. The lowest BCUT2D eigenvalue weighted by Gasteiger charge is -2.30. The molecule has 0 radical (unpaired) electrons. The normalized spacial score (nSPS) is 11.7. The van der Waals surface area contributed by atoms with Gasteiger partial charge in [0, 0.05) is 36.1 Å². The second-order valence-corrected chi connectivity index (χ2v) is 8.01. The van der Waals surface area contributed by atoms with Crippen molar-refractivity contribution in [3.63, 3.8) is 0 Å². The van der Waals surface area contributed by atoms with Crippen LogP contribution < -0.4 is 14.4 Å². The second-order valence-electron chi connectivity index (χ2n) is 8.01. The van der Waals surface area contributed by atoms with Crippen LogP contribution in [0.25, 0.3) is 11.1 Å². The van der Waals surface area contributed by atoms with E-state index in [2.05, 4.69) is 85.5 Å². The highest BCUT2D eigenvalue weighted by atomic mass is 16.5. The Morgan fingerprint density at radius 2 is 1.35 bits per heavy atom. The number of hydrogen-bond donors (Lipinski definition) is 0. The van der Waals surface area contributed by atoms with Gasteiger partial charge in [-0.05, 0) is 35.6 Å². The Balaban J connectivity index is 1.97. The zero-order valence-electron chi connectivity index (χ0n) is 19.3. The number of rotatable bonds is 11. The maximum atomic E-state index is 5.55. The monoisotopic (exact) mass is 417 g/mol. The van der Waals surface area contributed by atoms with Crippen molar-refractivity contribution in [2.45, 2.75) is 39.5 Å². The summed E-state index contributed by atoms with van der Waals surface area (Å²) in [7, 11) is 3.40. The van der Waals surface area contributed by atoms with Crippen molar-refractivity contribution in [1.29, 1.82) is 0 Å². The van der Waals surface area contributed by atoms with Crippen LogP contribution in [0.4, 0.5) is 11.4 Å². The third-order valence-corrected chi connectivity index (χ3v) is 5.92. The van der Waals surface area contributed by atoms with Crippen LogP contribution in [-0.2, 0) is 0 Å². The molecule has 0 aliphatic carbocycles. The molecule has 3 rings (SSSR count). The molecule has 0 amide bonds. The van der Waals surface area contributed by atoms with Crippen LogP contribution in [0.3, 0.4) is 0 Å². The van der Waals surface area contributed by atoms with Crippen molar-refractivity contribution < 1.29 is 9.47 Å². The van der Waals surface area contributed by atoms with Crippen LogP contribution in [-0.4, -0.2) is 20.8 Å². The van der Waals surface area contributed by atoms with Crippen molar-refractivity contribution >= 4 is 11.4 Å². The Bertz CT molecular complexity index is 899. The molecule has 3 aromatic carbocycles. The Hall–Kier alpha value is -2.94. The first-order chi connectivity index (χ1) is 15.2. The number of methoxy groups -OCH3 is 2. The minimum Gasteiger partial charge on any atom is -0.497 e. The molecule has 0 aliphatic rings. The number of anilines is 2. The van der Waals surface area contributed by atoms with Gasteiger partial charge in [0.1, 0.15) is 11.5 Å². The fourth-order valence-electron chi connectivity index (χ4n) is 3.95. The summed E-state index contributed by atoms with van der Waals surface area (Å²) in [5.41, 5.74) is 4.74. The molecule has 0 saturated heterocycles. The highest BCUT2D eigenvalue weighted by molar-refractivity contribution is 5.71. The third-order valence-electron chi connectivity index (χ3n) is 5.92. The number of hydrogen-bond acceptors (Lipinski definition) is 3. The molecule has 0 bridgehead atoms. The molecule has 0 N–H and O–H groups in total. The minimum atomic E-state index is 0.631. The van der Waals surface area contributed by atoms with Crippen molar-refractivity contribution in [2.24, 2.45) is 5.92 Å². The lowest BCUT2D eigenvalue weighted by atomic mass is 9.97. The number of unbranched alkanes of at least 4 members (excludes halogenated alkanes) is 1. The maximum absolute atomic E-state index is 5.55. The molecular weight excluding hydrogens is 382 g/mol. The second kappa shape index (κ2) is 11.5. The molecule has 164 valence electrons. The molecule has 0 saturated carbocycles. The quantitative estimate of drug-likeness (QED) is 0.319. The van der Waals surface area contributed by atoms with E-state index in [0.717, 1.165) is 23.7 Å². The van der Waals surface area contributed by atoms with Gasteiger partial charge in [-0.1, -0.05) is 75.6 Å². The van der Waals surface area contributed by atoms with E-state index >= 15 is 0 Å².